The van der Waals surface area contributed by atoms with Gasteiger partial charge in [0.15, 0.2) is 11.5 Å². The maximum atomic E-state index is 12.3. The Bertz CT molecular complexity index is 1260. The molecule has 3 rings (SSSR count). The molecule has 0 bridgehead atoms. The summed E-state index contributed by atoms with van der Waals surface area (Å²) in [5.74, 6) is -0.0228. The number of esters is 1. The number of hydrogen-bond donors (Lipinski definition) is 0. The Morgan fingerprint density at radius 2 is 1.75 bits per heavy atom. The highest BCUT2D eigenvalue weighted by Crippen LogP contribution is 2.30. The van der Waals surface area contributed by atoms with Crippen LogP contribution < -0.4 is 9.47 Å². The number of rotatable bonds is 6. The van der Waals surface area contributed by atoms with Gasteiger partial charge in [0.1, 0.15) is 0 Å². The van der Waals surface area contributed by atoms with Crippen LogP contribution in [0.2, 0.25) is 15.1 Å². The minimum Gasteiger partial charge on any atom is -0.493 e. The summed E-state index contributed by atoms with van der Waals surface area (Å²) in [6.45, 7) is 0. The molecule has 0 atom stereocenters. The summed E-state index contributed by atoms with van der Waals surface area (Å²) < 4.78 is 10.7. The standard InChI is InChI=1S/C25H16Cl3NO3/c1-31-24-12-16(11-19(15-29)18-3-2-4-20(26)13-18)5-9-23(24)32-25(30)10-7-17-6-8-21(27)14-22(17)28/h2-14H,1H3/b10-7+,19-11-. The number of allylic oxidation sites excluding steroid dienone is 1. The Balaban J connectivity index is 1.80. The minimum atomic E-state index is -0.603. The van der Waals surface area contributed by atoms with E-state index >= 15 is 0 Å². The largest absolute Gasteiger partial charge is 0.493 e. The zero-order valence-electron chi connectivity index (χ0n) is 16.8. The lowest BCUT2D eigenvalue weighted by molar-refractivity contribution is -0.129. The van der Waals surface area contributed by atoms with E-state index in [4.69, 9.17) is 44.3 Å². The number of benzene rings is 3. The number of methoxy groups -OCH3 is 1. The highest BCUT2D eigenvalue weighted by molar-refractivity contribution is 6.35. The summed E-state index contributed by atoms with van der Waals surface area (Å²) in [6, 6.07) is 19.1. The van der Waals surface area contributed by atoms with Gasteiger partial charge in [-0.2, -0.15) is 5.26 Å². The molecule has 0 N–H and O–H groups in total. The lowest BCUT2D eigenvalue weighted by Gasteiger charge is -2.09. The predicted molar refractivity (Wildman–Crippen MR) is 129 cm³/mol. The van der Waals surface area contributed by atoms with Crippen molar-refractivity contribution in [2.75, 3.05) is 7.11 Å². The van der Waals surface area contributed by atoms with Gasteiger partial charge >= 0.3 is 5.97 Å². The van der Waals surface area contributed by atoms with Crippen molar-refractivity contribution in [3.63, 3.8) is 0 Å². The SMILES string of the molecule is COc1cc(/C=C(/C#N)c2cccc(Cl)c2)ccc1OC(=O)/C=C/c1ccc(Cl)cc1Cl. The van der Waals surface area contributed by atoms with E-state index in [9.17, 15) is 10.1 Å². The number of hydrogen-bond acceptors (Lipinski definition) is 4. The van der Waals surface area contributed by atoms with Gasteiger partial charge in [-0.05, 0) is 65.2 Å². The molecule has 3 aromatic carbocycles. The van der Waals surface area contributed by atoms with E-state index in [-0.39, 0.29) is 5.75 Å². The van der Waals surface area contributed by atoms with Gasteiger partial charge in [-0.1, -0.05) is 59.1 Å². The molecule has 160 valence electrons. The molecular formula is C25H16Cl3NO3. The second-order valence-corrected chi connectivity index (χ2v) is 7.79. The topological polar surface area (TPSA) is 59.3 Å². The molecule has 0 radical (unpaired) electrons. The van der Waals surface area contributed by atoms with Crippen LogP contribution >= 0.6 is 34.8 Å². The molecular weight excluding hydrogens is 469 g/mol. The minimum absolute atomic E-state index is 0.239. The molecule has 0 unspecified atom stereocenters. The fourth-order valence-electron chi connectivity index (χ4n) is 2.80. The van der Waals surface area contributed by atoms with Gasteiger partial charge in [0.2, 0.25) is 0 Å². The number of halogens is 3. The summed E-state index contributed by atoms with van der Waals surface area (Å²) in [4.78, 5) is 12.3. The van der Waals surface area contributed by atoms with Gasteiger partial charge in [-0.15, -0.1) is 0 Å². The quantitative estimate of drug-likeness (QED) is 0.121. The van der Waals surface area contributed by atoms with Crippen LogP contribution in [0.3, 0.4) is 0 Å². The van der Waals surface area contributed by atoms with Crippen LogP contribution in [0, 0.1) is 11.3 Å². The summed E-state index contributed by atoms with van der Waals surface area (Å²) in [7, 11) is 1.46. The van der Waals surface area contributed by atoms with Crippen molar-refractivity contribution in [3.05, 3.63) is 98.5 Å². The zero-order valence-corrected chi connectivity index (χ0v) is 19.1. The third-order valence-corrected chi connectivity index (χ3v) is 5.12. The molecule has 0 saturated heterocycles. The molecule has 0 spiro atoms. The first-order chi connectivity index (χ1) is 15.4. The molecule has 0 fully saturated rings. The van der Waals surface area contributed by atoms with Crippen LogP contribution in [0.5, 0.6) is 11.5 Å². The van der Waals surface area contributed by atoms with Gasteiger partial charge in [0.25, 0.3) is 0 Å². The monoisotopic (exact) mass is 483 g/mol. The Morgan fingerprint density at radius 3 is 2.44 bits per heavy atom. The average molecular weight is 485 g/mol. The Hall–Kier alpha value is -3.23. The Labute approximate surface area is 200 Å². The molecule has 0 aromatic heterocycles. The van der Waals surface area contributed by atoms with Crippen LogP contribution in [0.15, 0.2) is 66.7 Å². The third-order valence-electron chi connectivity index (χ3n) is 4.33. The Kier molecular flexibility index (Phi) is 7.97. The van der Waals surface area contributed by atoms with Crippen molar-refractivity contribution in [2.45, 2.75) is 0 Å². The van der Waals surface area contributed by atoms with Crippen LogP contribution in [-0.2, 0) is 4.79 Å². The predicted octanol–water partition coefficient (Wildman–Crippen LogP) is 7.34. The van der Waals surface area contributed by atoms with Crippen molar-refractivity contribution in [1.82, 2.24) is 0 Å². The lowest BCUT2D eigenvalue weighted by Crippen LogP contribution is -2.05. The number of carbonyl (C=O) groups is 1. The summed E-state index contributed by atoms with van der Waals surface area (Å²) in [5, 5.41) is 11.0. The summed E-state index contributed by atoms with van der Waals surface area (Å²) in [6.07, 6.45) is 4.49. The average Bonchev–Trinajstić information content (AvgIpc) is 2.77. The Morgan fingerprint density at radius 1 is 0.969 bits per heavy atom. The number of nitrogens with zero attached hydrogens (tertiary/aromatic N) is 1. The summed E-state index contributed by atoms with van der Waals surface area (Å²) in [5.41, 5.74) is 2.45. The fraction of sp³-hybridized carbons (Fsp3) is 0.0400. The normalized spacial score (nSPS) is 11.3. The van der Waals surface area contributed by atoms with Crippen LogP contribution in [0.25, 0.3) is 17.7 Å². The van der Waals surface area contributed by atoms with E-state index in [1.807, 2.05) is 0 Å². The fourth-order valence-corrected chi connectivity index (χ4v) is 3.46. The number of nitriles is 1. The highest BCUT2D eigenvalue weighted by Gasteiger charge is 2.10. The van der Waals surface area contributed by atoms with Crippen molar-refractivity contribution in [2.24, 2.45) is 0 Å². The first-order valence-corrected chi connectivity index (χ1v) is 10.4. The third kappa shape index (κ3) is 6.15. The molecule has 0 saturated carbocycles. The first-order valence-electron chi connectivity index (χ1n) is 9.30. The molecule has 0 aliphatic carbocycles. The molecule has 0 aliphatic rings. The van der Waals surface area contributed by atoms with E-state index < -0.39 is 5.97 Å². The molecule has 0 amide bonds. The van der Waals surface area contributed by atoms with Crippen molar-refractivity contribution in [1.29, 1.82) is 5.26 Å². The van der Waals surface area contributed by atoms with Crippen molar-refractivity contribution >= 4 is 58.5 Å². The molecule has 0 aliphatic heterocycles. The van der Waals surface area contributed by atoms with Gasteiger partial charge in [-0.3, -0.25) is 0 Å². The van der Waals surface area contributed by atoms with Crippen molar-refractivity contribution in [3.8, 4) is 17.6 Å². The van der Waals surface area contributed by atoms with Gasteiger partial charge in [0.05, 0.1) is 18.8 Å². The van der Waals surface area contributed by atoms with Gasteiger partial charge in [0, 0.05) is 21.1 Å². The number of ether oxygens (including phenoxy) is 2. The first kappa shape index (κ1) is 23.4. The second kappa shape index (κ2) is 10.9. The maximum Gasteiger partial charge on any atom is 0.336 e. The zero-order chi connectivity index (χ0) is 23.1. The van der Waals surface area contributed by atoms with E-state index in [1.54, 1.807) is 66.7 Å². The van der Waals surface area contributed by atoms with E-state index in [1.165, 1.54) is 19.3 Å². The molecule has 3 aromatic rings. The van der Waals surface area contributed by atoms with Crippen molar-refractivity contribution < 1.29 is 14.3 Å². The van der Waals surface area contributed by atoms with Crippen LogP contribution in [-0.4, -0.2) is 13.1 Å². The van der Waals surface area contributed by atoms with E-state index in [2.05, 4.69) is 6.07 Å². The summed E-state index contributed by atoms with van der Waals surface area (Å²) >= 11 is 18.0. The van der Waals surface area contributed by atoms with Crippen LogP contribution in [0.4, 0.5) is 0 Å². The second-order valence-electron chi connectivity index (χ2n) is 6.51. The maximum absolute atomic E-state index is 12.3. The number of carbonyl (C=O) groups excluding carboxylic acids is 1. The molecule has 0 heterocycles. The van der Waals surface area contributed by atoms with E-state index in [0.717, 1.165) is 0 Å². The van der Waals surface area contributed by atoms with Gasteiger partial charge < -0.3 is 9.47 Å². The van der Waals surface area contributed by atoms with Crippen LogP contribution in [0.1, 0.15) is 16.7 Å². The highest BCUT2D eigenvalue weighted by atomic mass is 35.5. The van der Waals surface area contributed by atoms with E-state index in [0.29, 0.717) is 43.1 Å². The lowest BCUT2D eigenvalue weighted by atomic mass is 10.0. The van der Waals surface area contributed by atoms with Gasteiger partial charge in [-0.25, -0.2) is 4.79 Å². The molecule has 4 nitrogen and oxygen atoms in total. The molecule has 7 heteroatoms. The molecule has 32 heavy (non-hydrogen) atoms. The smallest absolute Gasteiger partial charge is 0.336 e.